The van der Waals surface area contributed by atoms with Gasteiger partial charge in [0.1, 0.15) is 10.8 Å². The number of thioether (sulfide) groups is 1. The van der Waals surface area contributed by atoms with Gasteiger partial charge in [0.05, 0.1) is 18.4 Å². The summed E-state index contributed by atoms with van der Waals surface area (Å²) < 4.78 is 7.24. The first kappa shape index (κ1) is 24.5. The minimum absolute atomic E-state index is 0.128. The molecule has 2 aromatic heterocycles. The Balaban J connectivity index is 1.13. The summed E-state index contributed by atoms with van der Waals surface area (Å²) in [7, 11) is 1.40. The van der Waals surface area contributed by atoms with Gasteiger partial charge in [-0.2, -0.15) is 0 Å². The molecule has 0 aliphatic heterocycles. The largest absolute Gasteiger partial charge is 0.465 e. The number of esters is 1. The van der Waals surface area contributed by atoms with Crippen LogP contribution < -0.4 is 5.32 Å². The van der Waals surface area contributed by atoms with Gasteiger partial charge in [-0.25, -0.2) is 4.79 Å². The first-order chi connectivity index (χ1) is 17.5. The zero-order valence-corrected chi connectivity index (χ0v) is 22.9. The van der Waals surface area contributed by atoms with E-state index < -0.39 is 0 Å². The smallest absolute Gasteiger partial charge is 0.341 e. The molecular weight excluding hydrogens is 492 g/mol. The number of hydrogen-bond acceptors (Lipinski definition) is 7. The van der Waals surface area contributed by atoms with Crippen LogP contribution in [-0.2, 0) is 35.3 Å². The third-order valence-electron chi connectivity index (χ3n) is 8.95. The lowest BCUT2D eigenvalue weighted by Gasteiger charge is -2.56. The van der Waals surface area contributed by atoms with E-state index in [1.807, 2.05) is 0 Å². The molecule has 4 saturated carbocycles. The third kappa shape index (κ3) is 4.51. The van der Waals surface area contributed by atoms with Gasteiger partial charge in [0.25, 0.3) is 0 Å². The maximum Gasteiger partial charge on any atom is 0.341 e. The molecule has 5 aliphatic carbocycles. The van der Waals surface area contributed by atoms with Crippen LogP contribution in [0.25, 0.3) is 0 Å². The number of rotatable bonds is 8. The second-order valence-electron chi connectivity index (χ2n) is 11.5. The minimum atomic E-state index is -0.364. The van der Waals surface area contributed by atoms with Crippen molar-refractivity contribution < 1.29 is 14.3 Å². The number of nitrogens with one attached hydrogen (secondary N) is 1. The molecule has 4 fully saturated rings. The molecule has 36 heavy (non-hydrogen) atoms. The second kappa shape index (κ2) is 9.78. The Bertz CT molecular complexity index is 1130. The molecule has 7 rings (SSSR count). The number of nitrogens with zero attached hydrogens (tertiary/aromatic N) is 3. The van der Waals surface area contributed by atoms with Crippen molar-refractivity contribution in [2.75, 3.05) is 18.2 Å². The SMILES string of the molecule is CCn1c(CC23CC4CC(CC(C4)C2)C3)nnc1SCC(=O)Nc1sc2c(c1C(=O)OC)CCCC2. The molecule has 9 heteroatoms. The van der Waals surface area contributed by atoms with Gasteiger partial charge >= 0.3 is 5.97 Å². The molecule has 0 spiro atoms. The van der Waals surface area contributed by atoms with Crippen molar-refractivity contribution in [1.82, 2.24) is 14.8 Å². The van der Waals surface area contributed by atoms with Crippen molar-refractivity contribution in [3.05, 3.63) is 21.8 Å². The molecule has 2 heterocycles. The highest BCUT2D eigenvalue weighted by atomic mass is 32.2. The van der Waals surface area contributed by atoms with Crippen molar-refractivity contribution in [2.45, 2.75) is 89.3 Å². The van der Waals surface area contributed by atoms with E-state index in [0.29, 0.717) is 16.0 Å². The topological polar surface area (TPSA) is 86.1 Å². The van der Waals surface area contributed by atoms with Crippen LogP contribution in [0.1, 0.15) is 84.9 Å². The first-order valence-electron chi connectivity index (χ1n) is 13.5. The van der Waals surface area contributed by atoms with Crippen LogP contribution in [0.4, 0.5) is 5.00 Å². The molecule has 0 aromatic carbocycles. The molecule has 0 saturated heterocycles. The Hall–Kier alpha value is -1.87. The molecule has 1 N–H and O–H groups in total. The Morgan fingerprint density at radius 2 is 1.81 bits per heavy atom. The van der Waals surface area contributed by atoms with E-state index in [9.17, 15) is 9.59 Å². The number of aryl methyl sites for hydroxylation is 1. The number of carbonyl (C=O) groups is 2. The molecule has 194 valence electrons. The Morgan fingerprint density at radius 3 is 2.47 bits per heavy atom. The standard InChI is InChI=1S/C27H36N4O3S2/c1-3-31-21(14-27-11-16-8-17(12-27)10-18(9-16)13-27)29-30-26(31)35-15-22(32)28-24-23(25(33)34-2)19-6-4-5-7-20(19)36-24/h16-18H,3-15H2,1-2H3,(H,28,32). The highest BCUT2D eigenvalue weighted by molar-refractivity contribution is 7.99. The average molecular weight is 529 g/mol. The van der Waals surface area contributed by atoms with Crippen LogP contribution in [0.15, 0.2) is 5.16 Å². The van der Waals surface area contributed by atoms with Gasteiger partial charge in [-0.3, -0.25) is 4.79 Å². The summed E-state index contributed by atoms with van der Waals surface area (Å²) in [5.74, 6) is 3.59. The number of hydrogen-bond donors (Lipinski definition) is 1. The van der Waals surface area contributed by atoms with Crippen molar-refractivity contribution in [1.29, 1.82) is 0 Å². The van der Waals surface area contributed by atoms with E-state index in [2.05, 4.69) is 27.0 Å². The van der Waals surface area contributed by atoms with Gasteiger partial charge < -0.3 is 14.6 Å². The first-order valence-corrected chi connectivity index (χ1v) is 15.3. The third-order valence-corrected chi connectivity index (χ3v) is 11.1. The van der Waals surface area contributed by atoms with Crippen LogP contribution in [0, 0.1) is 23.2 Å². The van der Waals surface area contributed by atoms with E-state index in [1.54, 1.807) is 0 Å². The summed E-state index contributed by atoms with van der Waals surface area (Å²) in [6, 6.07) is 0. The zero-order chi connectivity index (χ0) is 24.9. The van der Waals surface area contributed by atoms with E-state index in [1.165, 1.54) is 73.6 Å². The maximum absolute atomic E-state index is 12.9. The highest BCUT2D eigenvalue weighted by Crippen LogP contribution is 2.61. The van der Waals surface area contributed by atoms with E-state index in [0.717, 1.165) is 72.9 Å². The molecule has 4 bridgehead atoms. The fraction of sp³-hybridized carbons (Fsp3) is 0.704. The van der Waals surface area contributed by atoms with Gasteiger partial charge in [0.15, 0.2) is 5.16 Å². The lowest BCUT2D eigenvalue weighted by molar-refractivity contribution is -0.113. The summed E-state index contributed by atoms with van der Waals surface area (Å²) in [5.41, 5.74) is 2.02. The minimum Gasteiger partial charge on any atom is -0.465 e. The number of anilines is 1. The molecular formula is C27H36N4O3S2. The predicted molar refractivity (Wildman–Crippen MR) is 142 cm³/mol. The number of ether oxygens (including phenoxy) is 1. The summed E-state index contributed by atoms with van der Waals surface area (Å²) >= 11 is 2.96. The molecule has 0 atom stereocenters. The Labute approximate surface area is 221 Å². The van der Waals surface area contributed by atoms with Gasteiger partial charge in [0, 0.05) is 17.8 Å². The highest BCUT2D eigenvalue weighted by Gasteiger charge is 2.51. The van der Waals surface area contributed by atoms with Crippen LogP contribution in [0.2, 0.25) is 0 Å². The summed E-state index contributed by atoms with van der Waals surface area (Å²) in [6.45, 7) is 2.94. The average Bonchev–Trinajstić information content (AvgIpc) is 3.41. The van der Waals surface area contributed by atoms with Crippen molar-refractivity contribution in [3.63, 3.8) is 0 Å². The number of thiophene rings is 1. The molecule has 0 radical (unpaired) electrons. The molecule has 0 unspecified atom stereocenters. The number of methoxy groups -OCH3 is 1. The van der Waals surface area contributed by atoms with Gasteiger partial charge in [0.2, 0.25) is 5.91 Å². The van der Waals surface area contributed by atoms with Crippen LogP contribution in [-0.4, -0.2) is 39.5 Å². The Kier molecular flexibility index (Phi) is 6.65. The maximum atomic E-state index is 12.9. The quantitative estimate of drug-likeness (QED) is 0.359. The number of carbonyl (C=O) groups excluding carboxylic acids is 2. The molecule has 5 aliphatic rings. The van der Waals surface area contributed by atoms with Crippen LogP contribution >= 0.6 is 23.1 Å². The monoisotopic (exact) mass is 528 g/mol. The van der Waals surface area contributed by atoms with Gasteiger partial charge in [-0.1, -0.05) is 11.8 Å². The summed E-state index contributed by atoms with van der Waals surface area (Å²) in [5, 5.41) is 13.6. The number of amides is 1. The normalized spacial score (nSPS) is 28.2. The lowest BCUT2D eigenvalue weighted by Crippen LogP contribution is -2.47. The molecule has 2 aromatic rings. The zero-order valence-electron chi connectivity index (χ0n) is 21.3. The van der Waals surface area contributed by atoms with Gasteiger partial charge in [-0.15, -0.1) is 21.5 Å². The molecule has 1 amide bonds. The summed E-state index contributed by atoms with van der Waals surface area (Å²) in [4.78, 5) is 26.6. The van der Waals surface area contributed by atoms with E-state index >= 15 is 0 Å². The van der Waals surface area contributed by atoms with Crippen molar-refractivity contribution >= 4 is 40.0 Å². The van der Waals surface area contributed by atoms with Crippen LogP contribution in [0.3, 0.4) is 0 Å². The van der Waals surface area contributed by atoms with Crippen LogP contribution in [0.5, 0.6) is 0 Å². The van der Waals surface area contributed by atoms with E-state index in [4.69, 9.17) is 4.74 Å². The fourth-order valence-electron chi connectivity index (χ4n) is 7.98. The van der Waals surface area contributed by atoms with Crippen molar-refractivity contribution in [2.24, 2.45) is 23.2 Å². The molecule has 7 nitrogen and oxygen atoms in total. The summed E-state index contributed by atoms with van der Waals surface area (Å²) in [6.07, 6.45) is 13.4. The predicted octanol–water partition coefficient (Wildman–Crippen LogP) is 5.51. The van der Waals surface area contributed by atoms with Crippen molar-refractivity contribution in [3.8, 4) is 0 Å². The Morgan fingerprint density at radius 1 is 1.11 bits per heavy atom. The second-order valence-corrected chi connectivity index (χ2v) is 13.5. The number of fused-ring (bicyclic) bond motifs is 1. The fourth-order valence-corrected chi connectivity index (χ4v) is 10.1. The number of aromatic nitrogens is 3. The van der Waals surface area contributed by atoms with E-state index in [-0.39, 0.29) is 17.6 Å². The van der Waals surface area contributed by atoms with Gasteiger partial charge in [-0.05, 0) is 99.9 Å². The lowest BCUT2D eigenvalue weighted by atomic mass is 9.49.